The van der Waals surface area contributed by atoms with Crippen LogP contribution in [0.15, 0.2) is 24.3 Å². The molecule has 0 radical (unpaired) electrons. The predicted octanol–water partition coefficient (Wildman–Crippen LogP) is 1.90. The van der Waals surface area contributed by atoms with Crippen LogP contribution in [-0.2, 0) is 4.79 Å². The molecular formula is C17H21N3O3. The summed E-state index contributed by atoms with van der Waals surface area (Å²) in [5, 5.41) is 12.3. The van der Waals surface area contributed by atoms with Crippen LogP contribution in [0.5, 0.6) is 5.75 Å². The van der Waals surface area contributed by atoms with E-state index in [2.05, 4.69) is 11.4 Å². The summed E-state index contributed by atoms with van der Waals surface area (Å²) < 4.78 is 5.40. The normalized spacial score (nSPS) is 16.7. The maximum atomic E-state index is 12.1. The summed E-state index contributed by atoms with van der Waals surface area (Å²) in [7, 11) is 0. The first-order chi connectivity index (χ1) is 11.1. The van der Waals surface area contributed by atoms with E-state index in [0.29, 0.717) is 12.8 Å². The van der Waals surface area contributed by atoms with E-state index < -0.39 is 11.4 Å². The van der Waals surface area contributed by atoms with Crippen LogP contribution in [0.1, 0.15) is 48.9 Å². The summed E-state index contributed by atoms with van der Waals surface area (Å²) in [6.45, 7) is -0.256. The first-order valence-corrected chi connectivity index (χ1v) is 7.80. The van der Waals surface area contributed by atoms with Crippen LogP contribution in [0.2, 0.25) is 0 Å². The molecule has 1 saturated carbocycles. The van der Waals surface area contributed by atoms with Crippen molar-refractivity contribution in [2.45, 2.75) is 44.1 Å². The fourth-order valence-corrected chi connectivity index (χ4v) is 2.84. The molecule has 1 aromatic carbocycles. The van der Waals surface area contributed by atoms with Gasteiger partial charge in [0.05, 0.1) is 11.6 Å². The topological polar surface area (TPSA) is 105 Å². The molecule has 0 atom stereocenters. The Morgan fingerprint density at radius 1 is 1.22 bits per heavy atom. The lowest BCUT2D eigenvalue weighted by molar-refractivity contribution is -0.124. The molecule has 2 amide bonds. The number of ether oxygens (including phenoxy) is 1. The maximum Gasteiger partial charge on any atom is 0.259 e. The summed E-state index contributed by atoms with van der Waals surface area (Å²) >= 11 is 0. The molecule has 0 spiro atoms. The Morgan fingerprint density at radius 2 is 1.87 bits per heavy atom. The van der Waals surface area contributed by atoms with E-state index in [-0.39, 0.29) is 23.8 Å². The molecule has 122 valence electrons. The van der Waals surface area contributed by atoms with Gasteiger partial charge in [0.15, 0.2) is 6.61 Å². The molecule has 1 aliphatic carbocycles. The largest absolute Gasteiger partial charge is 0.483 e. The van der Waals surface area contributed by atoms with Crippen molar-refractivity contribution in [2.75, 3.05) is 6.61 Å². The molecule has 0 heterocycles. The highest BCUT2D eigenvalue weighted by atomic mass is 16.5. The molecule has 1 aromatic rings. The van der Waals surface area contributed by atoms with Gasteiger partial charge in [0.25, 0.3) is 11.8 Å². The number of nitrogens with one attached hydrogen (secondary N) is 1. The van der Waals surface area contributed by atoms with Crippen LogP contribution < -0.4 is 15.8 Å². The summed E-state index contributed by atoms with van der Waals surface area (Å²) in [6, 6.07) is 8.74. The predicted molar refractivity (Wildman–Crippen MR) is 84.6 cm³/mol. The molecular weight excluding hydrogens is 294 g/mol. The number of rotatable bonds is 5. The van der Waals surface area contributed by atoms with Crippen LogP contribution in [-0.4, -0.2) is 24.0 Å². The average molecular weight is 315 g/mol. The monoisotopic (exact) mass is 315 g/mol. The lowest BCUT2D eigenvalue weighted by atomic mass is 9.92. The minimum absolute atomic E-state index is 0.227. The quantitative estimate of drug-likeness (QED) is 0.809. The van der Waals surface area contributed by atoms with Crippen LogP contribution in [0.4, 0.5) is 0 Å². The van der Waals surface area contributed by atoms with Crippen LogP contribution in [0.25, 0.3) is 0 Å². The number of para-hydroxylation sites is 1. The molecule has 6 heteroatoms. The van der Waals surface area contributed by atoms with Gasteiger partial charge in [-0.1, -0.05) is 37.8 Å². The number of hydrogen-bond acceptors (Lipinski definition) is 4. The zero-order valence-corrected chi connectivity index (χ0v) is 13.0. The van der Waals surface area contributed by atoms with Crippen molar-refractivity contribution in [3.05, 3.63) is 29.8 Å². The van der Waals surface area contributed by atoms with Crippen LogP contribution >= 0.6 is 0 Å². The number of hydrogen-bond donors (Lipinski definition) is 2. The van der Waals surface area contributed by atoms with Gasteiger partial charge in [-0.15, -0.1) is 0 Å². The summed E-state index contributed by atoms with van der Waals surface area (Å²) in [5.74, 6) is -0.715. The van der Waals surface area contributed by atoms with Gasteiger partial charge in [0, 0.05) is 0 Å². The van der Waals surface area contributed by atoms with Crippen LogP contribution in [0.3, 0.4) is 0 Å². The Bertz CT molecular complexity index is 614. The Morgan fingerprint density at radius 3 is 2.48 bits per heavy atom. The molecule has 0 saturated heterocycles. The summed E-state index contributed by atoms with van der Waals surface area (Å²) in [5.41, 5.74) is 4.69. The lowest BCUT2D eigenvalue weighted by Gasteiger charge is -2.26. The Hall–Kier alpha value is -2.55. The molecule has 0 aromatic heterocycles. The van der Waals surface area contributed by atoms with E-state index in [1.54, 1.807) is 18.2 Å². The van der Waals surface area contributed by atoms with Gasteiger partial charge < -0.3 is 15.8 Å². The number of carbonyl (C=O) groups is 2. The van der Waals surface area contributed by atoms with E-state index >= 15 is 0 Å². The van der Waals surface area contributed by atoms with Crippen molar-refractivity contribution in [3.63, 3.8) is 0 Å². The van der Waals surface area contributed by atoms with Gasteiger partial charge in [-0.05, 0) is 25.0 Å². The van der Waals surface area contributed by atoms with Gasteiger partial charge in [-0.2, -0.15) is 5.26 Å². The lowest BCUT2D eigenvalue weighted by Crippen LogP contribution is -2.48. The van der Waals surface area contributed by atoms with E-state index in [1.165, 1.54) is 6.07 Å². The molecule has 0 aliphatic heterocycles. The Kier molecular flexibility index (Phi) is 5.58. The number of amides is 2. The summed E-state index contributed by atoms with van der Waals surface area (Å²) in [4.78, 5) is 23.5. The number of primary amides is 1. The number of nitrogens with two attached hydrogens (primary N) is 1. The van der Waals surface area contributed by atoms with Crippen LogP contribution in [0, 0.1) is 11.3 Å². The van der Waals surface area contributed by atoms with E-state index in [1.807, 2.05) is 0 Å². The van der Waals surface area contributed by atoms with E-state index in [0.717, 1.165) is 25.7 Å². The second-order valence-corrected chi connectivity index (χ2v) is 5.81. The molecule has 0 bridgehead atoms. The third-order valence-electron chi connectivity index (χ3n) is 4.06. The zero-order valence-electron chi connectivity index (χ0n) is 13.0. The van der Waals surface area contributed by atoms with Gasteiger partial charge in [-0.25, -0.2) is 0 Å². The highest BCUT2D eigenvalue weighted by Gasteiger charge is 2.32. The number of nitriles is 1. The molecule has 1 fully saturated rings. The second-order valence-electron chi connectivity index (χ2n) is 5.81. The molecule has 6 nitrogen and oxygen atoms in total. The average Bonchev–Trinajstić information content (AvgIpc) is 2.79. The van der Waals surface area contributed by atoms with Gasteiger partial charge in [0.2, 0.25) is 0 Å². The third-order valence-corrected chi connectivity index (χ3v) is 4.06. The van der Waals surface area contributed by atoms with Gasteiger partial charge >= 0.3 is 0 Å². The molecule has 1 aliphatic rings. The SMILES string of the molecule is N#CC1(NC(=O)COc2ccccc2C(N)=O)CCCCCC1. The minimum Gasteiger partial charge on any atom is -0.483 e. The minimum atomic E-state index is -0.805. The third kappa shape index (κ3) is 4.46. The molecule has 2 rings (SSSR count). The summed E-state index contributed by atoms with van der Waals surface area (Å²) in [6.07, 6.45) is 5.35. The first kappa shape index (κ1) is 16.8. The first-order valence-electron chi connectivity index (χ1n) is 7.80. The number of nitrogens with zero attached hydrogens (tertiary/aromatic N) is 1. The Labute approximate surface area is 135 Å². The molecule has 0 unspecified atom stereocenters. The Balaban J connectivity index is 1.97. The van der Waals surface area contributed by atoms with Crippen molar-refractivity contribution < 1.29 is 14.3 Å². The highest BCUT2D eigenvalue weighted by Crippen LogP contribution is 2.26. The van der Waals surface area contributed by atoms with Crippen molar-refractivity contribution in [1.82, 2.24) is 5.32 Å². The fourth-order valence-electron chi connectivity index (χ4n) is 2.84. The van der Waals surface area contributed by atoms with E-state index in [4.69, 9.17) is 10.5 Å². The van der Waals surface area contributed by atoms with Gasteiger partial charge in [-0.3, -0.25) is 9.59 Å². The second kappa shape index (κ2) is 7.63. The zero-order chi connectivity index (χ0) is 16.7. The van der Waals surface area contributed by atoms with Crippen molar-refractivity contribution in [2.24, 2.45) is 5.73 Å². The highest BCUT2D eigenvalue weighted by molar-refractivity contribution is 5.95. The van der Waals surface area contributed by atoms with Crippen molar-refractivity contribution in [3.8, 4) is 11.8 Å². The van der Waals surface area contributed by atoms with Crippen molar-refractivity contribution >= 4 is 11.8 Å². The fraction of sp³-hybridized carbons (Fsp3) is 0.471. The smallest absolute Gasteiger partial charge is 0.259 e. The van der Waals surface area contributed by atoms with Gasteiger partial charge in [0.1, 0.15) is 11.3 Å². The standard InChI is InChI=1S/C17H21N3O3/c18-12-17(9-5-1-2-6-10-17)20-15(21)11-23-14-8-4-3-7-13(14)16(19)22/h3-4,7-8H,1-2,5-6,9-11H2,(H2,19,22)(H,20,21). The number of benzene rings is 1. The maximum absolute atomic E-state index is 12.1. The van der Waals surface area contributed by atoms with E-state index in [9.17, 15) is 14.9 Å². The number of carbonyl (C=O) groups excluding carboxylic acids is 2. The van der Waals surface area contributed by atoms with Crippen molar-refractivity contribution in [1.29, 1.82) is 5.26 Å². The molecule has 23 heavy (non-hydrogen) atoms. The molecule has 3 N–H and O–H groups in total.